The second-order valence-corrected chi connectivity index (χ2v) is 3.33. The van der Waals surface area contributed by atoms with Crippen molar-refractivity contribution >= 4 is 0 Å². The van der Waals surface area contributed by atoms with E-state index in [9.17, 15) is 0 Å². The summed E-state index contributed by atoms with van der Waals surface area (Å²) in [5.74, 6) is 0. The first kappa shape index (κ1) is 10.9. The van der Waals surface area contributed by atoms with Gasteiger partial charge in [0.15, 0.2) is 0 Å². The van der Waals surface area contributed by atoms with Gasteiger partial charge in [0, 0.05) is 0 Å². The van der Waals surface area contributed by atoms with Crippen LogP contribution >= 0.6 is 0 Å². The number of ether oxygens (including phenoxy) is 1. The molecule has 0 aromatic heterocycles. The Balaban J connectivity index is 3.69. The van der Waals surface area contributed by atoms with Gasteiger partial charge in [0.05, 0.1) is 24.9 Å². The lowest BCUT2D eigenvalue weighted by atomic mass is 10.1. The van der Waals surface area contributed by atoms with Gasteiger partial charge in [-0.25, -0.2) is 0 Å². The van der Waals surface area contributed by atoms with Gasteiger partial charge >= 0.3 is 0 Å². The maximum Gasteiger partial charge on any atom is 0.0671 e. The first-order valence-corrected chi connectivity index (χ1v) is 3.95. The number of nitrogens with one attached hydrogen (secondary N) is 1. The highest BCUT2D eigenvalue weighted by Gasteiger charge is 2.21. The SMILES string of the molecule is CNC(C)(CO)COC(C)C. The van der Waals surface area contributed by atoms with E-state index in [1.54, 1.807) is 0 Å². The van der Waals surface area contributed by atoms with Crippen molar-refractivity contribution in [2.24, 2.45) is 0 Å². The fraction of sp³-hybridized carbons (Fsp3) is 1.00. The molecule has 0 heterocycles. The van der Waals surface area contributed by atoms with Gasteiger partial charge in [0.25, 0.3) is 0 Å². The van der Waals surface area contributed by atoms with Crippen molar-refractivity contribution in [2.75, 3.05) is 20.3 Å². The van der Waals surface area contributed by atoms with Gasteiger partial charge in [-0.2, -0.15) is 0 Å². The number of likely N-dealkylation sites (N-methyl/N-ethyl adjacent to an activating group) is 1. The number of rotatable bonds is 5. The second kappa shape index (κ2) is 4.70. The average Bonchev–Trinajstić information content (AvgIpc) is 2.00. The Morgan fingerprint density at radius 1 is 1.55 bits per heavy atom. The van der Waals surface area contributed by atoms with Gasteiger partial charge in [0.1, 0.15) is 0 Å². The van der Waals surface area contributed by atoms with E-state index in [1.165, 1.54) is 0 Å². The molecule has 3 heteroatoms. The van der Waals surface area contributed by atoms with E-state index in [0.717, 1.165) is 0 Å². The lowest BCUT2D eigenvalue weighted by Crippen LogP contribution is -2.48. The molecule has 68 valence electrons. The molecule has 2 N–H and O–H groups in total. The van der Waals surface area contributed by atoms with Crippen LogP contribution in [0.2, 0.25) is 0 Å². The summed E-state index contributed by atoms with van der Waals surface area (Å²) in [5.41, 5.74) is -0.301. The molecule has 0 aromatic rings. The Morgan fingerprint density at radius 2 is 2.09 bits per heavy atom. The highest BCUT2D eigenvalue weighted by Crippen LogP contribution is 2.03. The molecule has 0 rings (SSSR count). The molecule has 1 atom stereocenters. The van der Waals surface area contributed by atoms with Crippen LogP contribution in [-0.4, -0.2) is 37.0 Å². The number of aliphatic hydroxyl groups excluding tert-OH is 1. The molecule has 0 bridgehead atoms. The standard InChI is InChI=1S/C8H19NO2/c1-7(2)11-6-8(3,5-10)9-4/h7,9-10H,5-6H2,1-4H3. The van der Waals surface area contributed by atoms with Crippen LogP contribution < -0.4 is 5.32 Å². The van der Waals surface area contributed by atoms with Crippen LogP contribution in [0.5, 0.6) is 0 Å². The van der Waals surface area contributed by atoms with Crippen molar-refractivity contribution in [1.29, 1.82) is 0 Å². The summed E-state index contributed by atoms with van der Waals surface area (Å²) < 4.78 is 5.37. The van der Waals surface area contributed by atoms with Crippen LogP contribution in [-0.2, 0) is 4.74 Å². The largest absolute Gasteiger partial charge is 0.394 e. The molecular formula is C8H19NO2. The lowest BCUT2D eigenvalue weighted by Gasteiger charge is -2.27. The summed E-state index contributed by atoms with van der Waals surface area (Å²) in [6, 6.07) is 0. The van der Waals surface area contributed by atoms with Crippen molar-refractivity contribution in [3.63, 3.8) is 0 Å². The average molecular weight is 161 g/mol. The summed E-state index contributed by atoms with van der Waals surface area (Å²) in [6.07, 6.45) is 0.217. The van der Waals surface area contributed by atoms with E-state index >= 15 is 0 Å². The fourth-order valence-electron chi connectivity index (χ4n) is 0.547. The van der Waals surface area contributed by atoms with Gasteiger partial charge in [-0.1, -0.05) is 0 Å². The minimum atomic E-state index is -0.301. The summed E-state index contributed by atoms with van der Waals surface area (Å²) in [4.78, 5) is 0. The quantitative estimate of drug-likeness (QED) is 0.612. The Morgan fingerprint density at radius 3 is 2.36 bits per heavy atom. The van der Waals surface area contributed by atoms with E-state index in [1.807, 2.05) is 27.8 Å². The monoisotopic (exact) mass is 161 g/mol. The zero-order chi connectivity index (χ0) is 8.91. The van der Waals surface area contributed by atoms with E-state index in [0.29, 0.717) is 6.61 Å². The highest BCUT2D eigenvalue weighted by molar-refractivity contribution is 4.79. The maximum atomic E-state index is 8.96. The Bertz CT molecular complexity index is 100. The molecule has 0 spiro atoms. The topological polar surface area (TPSA) is 41.5 Å². The molecule has 1 unspecified atom stereocenters. The van der Waals surface area contributed by atoms with Gasteiger partial charge < -0.3 is 15.2 Å². The highest BCUT2D eigenvalue weighted by atomic mass is 16.5. The minimum Gasteiger partial charge on any atom is -0.394 e. The normalized spacial score (nSPS) is 16.9. The summed E-state index contributed by atoms with van der Waals surface area (Å²) >= 11 is 0. The van der Waals surface area contributed by atoms with Gasteiger partial charge in [-0.15, -0.1) is 0 Å². The molecule has 0 aromatic carbocycles. The number of aliphatic hydroxyl groups is 1. The third-order valence-electron chi connectivity index (χ3n) is 1.69. The molecule has 0 aliphatic heterocycles. The van der Waals surface area contributed by atoms with Crippen molar-refractivity contribution in [3.8, 4) is 0 Å². The molecule has 3 nitrogen and oxygen atoms in total. The zero-order valence-corrected chi connectivity index (χ0v) is 7.85. The van der Waals surface area contributed by atoms with Gasteiger partial charge in [0.2, 0.25) is 0 Å². The summed E-state index contributed by atoms with van der Waals surface area (Å²) in [7, 11) is 1.82. The predicted octanol–water partition coefficient (Wildman–Crippen LogP) is 0.382. The van der Waals surface area contributed by atoms with E-state index in [2.05, 4.69) is 5.32 Å². The molecular weight excluding hydrogens is 142 g/mol. The molecule has 0 aliphatic rings. The molecule has 11 heavy (non-hydrogen) atoms. The minimum absolute atomic E-state index is 0.0935. The van der Waals surface area contributed by atoms with Gasteiger partial charge in [-0.3, -0.25) is 0 Å². The third kappa shape index (κ3) is 4.35. The van der Waals surface area contributed by atoms with Crippen LogP contribution in [0.4, 0.5) is 0 Å². The lowest BCUT2D eigenvalue weighted by molar-refractivity contribution is 0.0150. The molecule has 0 saturated carbocycles. The Labute approximate surface area is 68.8 Å². The summed E-state index contributed by atoms with van der Waals surface area (Å²) in [5, 5.41) is 12.0. The van der Waals surface area contributed by atoms with Crippen LogP contribution in [0.3, 0.4) is 0 Å². The third-order valence-corrected chi connectivity index (χ3v) is 1.69. The van der Waals surface area contributed by atoms with Gasteiger partial charge in [-0.05, 0) is 27.8 Å². The molecule has 0 aliphatic carbocycles. The van der Waals surface area contributed by atoms with Crippen LogP contribution in [0.1, 0.15) is 20.8 Å². The van der Waals surface area contributed by atoms with Crippen molar-refractivity contribution in [1.82, 2.24) is 5.32 Å². The van der Waals surface area contributed by atoms with Crippen molar-refractivity contribution in [3.05, 3.63) is 0 Å². The van der Waals surface area contributed by atoms with E-state index in [4.69, 9.17) is 9.84 Å². The smallest absolute Gasteiger partial charge is 0.0671 e. The first-order valence-electron chi connectivity index (χ1n) is 3.95. The van der Waals surface area contributed by atoms with Crippen LogP contribution in [0.25, 0.3) is 0 Å². The van der Waals surface area contributed by atoms with Crippen molar-refractivity contribution < 1.29 is 9.84 Å². The fourth-order valence-corrected chi connectivity index (χ4v) is 0.547. The second-order valence-electron chi connectivity index (χ2n) is 3.33. The van der Waals surface area contributed by atoms with Crippen LogP contribution in [0, 0.1) is 0 Å². The van der Waals surface area contributed by atoms with Crippen molar-refractivity contribution in [2.45, 2.75) is 32.4 Å². The van der Waals surface area contributed by atoms with E-state index in [-0.39, 0.29) is 18.2 Å². The predicted molar refractivity (Wildman–Crippen MR) is 45.6 cm³/mol. The zero-order valence-electron chi connectivity index (χ0n) is 7.85. The molecule has 0 fully saturated rings. The summed E-state index contributed by atoms with van der Waals surface area (Å²) in [6.45, 7) is 6.52. The van der Waals surface area contributed by atoms with E-state index < -0.39 is 0 Å². The molecule has 0 radical (unpaired) electrons. The first-order chi connectivity index (χ1) is 5.04. The number of hydrogen-bond donors (Lipinski definition) is 2. The van der Waals surface area contributed by atoms with Crippen LogP contribution in [0.15, 0.2) is 0 Å². The molecule has 0 saturated heterocycles. The Kier molecular flexibility index (Phi) is 4.65. The Hall–Kier alpha value is -0.120. The molecule has 0 amide bonds. The number of hydrogen-bond acceptors (Lipinski definition) is 3. The maximum absolute atomic E-state index is 8.96.